The second kappa shape index (κ2) is 7.69. The molecule has 2 N–H and O–H groups in total. The molecule has 0 unspecified atom stereocenters. The van der Waals surface area contributed by atoms with E-state index in [1.165, 1.54) is 17.2 Å². The van der Waals surface area contributed by atoms with Gasteiger partial charge in [0.25, 0.3) is 5.56 Å². The fourth-order valence-electron chi connectivity index (χ4n) is 4.79. The maximum absolute atomic E-state index is 12.8. The second-order valence-corrected chi connectivity index (χ2v) is 8.58. The molecule has 1 fully saturated rings. The molecule has 1 aliphatic carbocycles. The predicted octanol–water partition coefficient (Wildman–Crippen LogP) is 4.01. The fraction of sp³-hybridized carbons (Fsp3) is 0.320. The highest BCUT2D eigenvalue weighted by atomic mass is 16.2. The van der Waals surface area contributed by atoms with Gasteiger partial charge in [0.15, 0.2) is 0 Å². The smallest absolute Gasteiger partial charge is 0.252 e. The van der Waals surface area contributed by atoms with Gasteiger partial charge in [-0.2, -0.15) is 0 Å². The number of nitrogens with zero attached hydrogens (tertiary/aromatic N) is 2. The zero-order valence-electron chi connectivity index (χ0n) is 17.8. The molecule has 0 radical (unpaired) electrons. The van der Waals surface area contributed by atoms with E-state index in [-0.39, 0.29) is 23.4 Å². The van der Waals surface area contributed by atoms with Crippen molar-refractivity contribution in [3.8, 4) is 0 Å². The topological polar surface area (TPSA) is 78.1 Å². The van der Waals surface area contributed by atoms with E-state index in [0.717, 1.165) is 29.7 Å². The predicted molar refractivity (Wildman–Crippen MR) is 122 cm³/mol. The number of aromatic nitrogens is 2. The van der Waals surface area contributed by atoms with Crippen LogP contribution in [0.5, 0.6) is 0 Å². The van der Waals surface area contributed by atoms with Gasteiger partial charge in [-0.3, -0.25) is 14.6 Å². The molecular weight excluding hydrogens is 388 g/mol. The van der Waals surface area contributed by atoms with E-state index in [2.05, 4.69) is 28.5 Å². The Morgan fingerprint density at radius 3 is 2.81 bits per heavy atom. The van der Waals surface area contributed by atoms with Gasteiger partial charge in [0.2, 0.25) is 11.9 Å². The van der Waals surface area contributed by atoms with E-state index in [4.69, 9.17) is 4.98 Å². The van der Waals surface area contributed by atoms with E-state index < -0.39 is 0 Å². The van der Waals surface area contributed by atoms with Crippen LogP contribution in [0.25, 0.3) is 0 Å². The number of H-pyrrole nitrogens is 1. The zero-order chi connectivity index (χ0) is 21.5. The Kier molecular flexibility index (Phi) is 4.85. The number of carbonyl (C=O) groups excluding carboxylic acids is 1. The molecule has 0 spiro atoms. The maximum Gasteiger partial charge on any atom is 0.252 e. The van der Waals surface area contributed by atoms with E-state index in [0.29, 0.717) is 24.6 Å². The van der Waals surface area contributed by atoms with E-state index in [9.17, 15) is 9.59 Å². The molecule has 158 valence electrons. The molecule has 5 rings (SSSR count). The van der Waals surface area contributed by atoms with Crippen LogP contribution >= 0.6 is 0 Å². The van der Waals surface area contributed by atoms with E-state index in [1.54, 1.807) is 0 Å². The summed E-state index contributed by atoms with van der Waals surface area (Å²) < 4.78 is 0. The van der Waals surface area contributed by atoms with Gasteiger partial charge in [-0.15, -0.1) is 0 Å². The monoisotopic (exact) mass is 414 g/mol. The lowest BCUT2D eigenvalue weighted by Gasteiger charge is -2.20. The van der Waals surface area contributed by atoms with Crippen molar-refractivity contribution < 1.29 is 4.79 Å². The summed E-state index contributed by atoms with van der Waals surface area (Å²) in [5.74, 6) is 0.438. The Labute approximate surface area is 181 Å². The lowest BCUT2D eigenvalue weighted by atomic mass is 10.0. The summed E-state index contributed by atoms with van der Waals surface area (Å²) >= 11 is 0. The summed E-state index contributed by atoms with van der Waals surface area (Å²) in [7, 11) is 0. The van der Waals surface area contributed by atoms with Gasteiger partial charge in [-0.1, -0.05) is 36.4 Å². The van der Waals surface area contributed by atoms with Crippen LogP contribution in [-0.4, -0.2) is 22.4 Å². The lowest BCUT2D eigenvalue weighted by Crippen LogP contribution is -2.25. The van der Waals surface area contributed by atoms with Crippen LogP contribution < -0.4 is 15.8 Å². The van der Waals surface area contributed by atoms with Gasteiger partial charge >= 0.3 is 0 Å². The van der Waals surface area contributed by atoms with E-state index >= 15 is 0 Å². The van der Waals surface area contributed by atoms with Crippen LogP contribution in [-0.2, 0) is 11.2 Å². The van der Waals surface area contributed by atoms with E-state index in [1.807, 2.05) is 43.0 Å². The van der Waals surface area contributed by atoms with Crippen LogP contribution in [0.4, 0.5) is 11.6 Å². The summed E-state index contributed by atoms with van der Waals surface area (Å²) in [6.07, 6.45) is 2.34. The number of aryl methyl sites for hydroxylation is 2. The Morgan fingerprint density at radius 2 is 1.94 bits per heavy atom. The van der Waals surface area contributed by atoms with Crippen molar-refractivity contribution in [2.24, 2.45) is 0 Å². The number of carbonyl (C=O) groups is 1. The van der Waals surface area contributed by atoms with Gasteiger partial charge in [0.1, 0.15) is 0 Å². The molecule has 2 heterocycles. The average Bonchev–Trinajstić information content (AvgIpc) is 3.34. The molecule has 2 aromatic carbocycles. The lowest BCUT2D eigenvalue weighted by molar-refractivity contribution is -0.117. The Balaban J connectivity index is 1.39. The molecule has 0 bridgehead atoms. The van der Waals surface area contributed by atoms with Crippen molar-refractivity contribution >= 4 is 17.5 Å². The van der Waals surface area contributed by atoms with Crippen LogP contribution in [0, 0.1) is 13.8 Å². The molecule has 1 saturated heterocycles. The largest absolute Gasteiger partial charge is 0.349 e. The molecule has 2 aliphatic rings. The molecule has 1 aliphatic heterocycles. The van der Waals surface area contributed by atoms with Gasteiger partial charge in [-0.05, 0) is 55.0 Å². The third-order valence-electron chi connectivity index (χ3n) is 6.62. The number of anilines is 2. The Hall–Kier alpha value is -3.41. The normalized spacial score (nSPS) is 20.2. The summed E-state index contributed by atoms with van der Waals surface area (Å²) in [5.41, 5.74) is 6.27. The first kappa shape index (κ1) is 19.5. The molecule has 31 heavy (non-hydrogen) atoms. The second-order valence-electron chi connectivity index (χ2n) is 8.58. The third-order valence-corrected chi connectivity index (χ3v) is 6.62. The molecule has 1 amide bonds. The number of hydrogen-bond acceptors (Lipinski definition) is 4. The van der Waals surface area contributed by atoms with Gasteiger partial charge in [0, 0.05) is 30.6 Å². The van der Waals surface area contributed by atoms with Gasteiger partial charge < -0.3 is 10.2 Å². The van der Waals surface area contributed by atoms with Crippen molar-refractivity contribution in [2.45, 2.75) is 45.1 Å². The molecule has 6 heteroatoms. The number of nitrogens with one attached hydrogen (secondary N) is 2. The highest BCUT2D eigenvalue weighted by molar-refractivity contribution is 5.97. The molecule has 0 saturated carbocycles. The summed E-state index contributed by atoms with van der Waals surface area (Å²) in [5, 5.41) is 3.41. The molecule has 2 atom stereocenters. The van der Waals surface area contributed by atoms with Crippen molar-refractivity contribution in [3.05, 3.63) is 86.8 Å². The Morgan fingerprint density at radius 1 is 1.10 bits per heavy atom. The minimum atomic E-state index is -0.198. The molecular formula is C25H26N4O2. The third kappa shape index (κ3) is 3.63. The van der Waals surface area contributed by atoms with Crippen molar-refractivity contribution in [3.63, 3.8) is 0 Å². The van der Waals surface area contributed by atoms with Gasteiger partial charge in [0.05, 0.1) is 11.7 Å². The minimum Gasteiger partial charge on any atom is -0.349 e. The number of hydrogen-bond donors (Lipinski definition) is 2. The molecule has 6 nitrogen and oxygen atoms in total. The van der Waals surface area contributed by atoms with Crippen LogP contribution in [0.2, 0.25) is 0 Å². The van der Waals surface area contributed by atoms with Crippen LogP contribution in [0.1, 0.15) is 52.7 Å². The maximum atomic E-state index is 12.8. The first-order valence-electron chi connectivity index (χ1n) is 10.8. The summed E-state index contributed by atoms with van der Waals surface area (Å²) in [6.45, 7) is 4.62. The number of aromatic amines is 1. The fourth-order valence-corrected chi connectivity index (χ4v) is 4.79. The first-order chi connectivity index (χ1) is 15.0. The number of benzene rings is 2. The van der Waals surface area contributed by atoms with Crippen molar-refractivity contribution in [1.29, 1.82) is 0 Å². The standard InChI is InChI=1S/C25H26N4O2/c1-15-6-5-9-22(16(15)2)29-14-18(12-24(29)31)21-13-23(30)28-25(27-21)26-20-11-10-17-7-3-4-8-19(17)20/h3-9,13,18,20H,10-12,14H2,1-2H3,(H2,26,27,28,30)/t18-,20+/m0/s1. The minimum absolute atomic E-state index is 0.0695. The first-order valence-corrected chi connectivity index (χ1v) is 10.8. The Bertz CT molecular complexity index is 1220. The summed E-state index contributed by atoms with van der Waals surface area (Å²) in [6, 6.07) is 16.0. The quantitative estimate of drug-likeness (QED) is 0.676. The SMILES string of the molecule is Cc1cccc(N2C[C@@H](c3cc(=O)[nH]c(N[C@@H]4CCc5ccccc54)n3)CC2=O)c1C. The van der Waals surface area contributed by atoms with Crippen LogP contribution in [0.15, 0.2) is 53.3 Å². The number of fused-ring (bicyclic) bond motifs is 1. The highest BCUT2D eigenvalue weighted by Gasteiger charge is 2.34. The molecule has 3 aromatic rings. The number of rotatable bonds is 4. The van der Waals surface area contributed by atoms with Crippen molar-refractivity contribution in [1.82, 2.24) is 9.97 Å². The number of amides is 1. The molecule has 1 aromatic heterocycles. The van der Waals surface area contributed by atoms with Crippen LogP contribution in [0.3, 0.4) is 0 Å². The van der Waals surface area contributed by atoms with Crippen molar-refractivity contribution in [2.75, 3.05) is 16.8 Å². The highest BCUT2D eigenvalue weighted by Crippen LogP contribution is 2.35. The zero-order valence-corrected chi connectivity index (χ0v) is 17.8. The summed E-state index contributed by atoms with van der Waals surface area (Å²) in [4.78, 5) is 34.6. The van der Waals surface area contributed by atoms with Gasteiger partial charge in [-0.25, -0.2) is 4.98 Å². The average molecular weight is 415 g/mol.